The summed E-state index contributed by atoms with van der Waals surface area (Å²) in [5.41, 5.74) is 2.04. The van der Waals surface area contributed by atoms with Gasteiger partial charge in [0.15, 0.2) is 0 Å². The van der Waals surface area contributed by atoms with Gasteiger partial charge in [0.25, 0.3) is 0 Å². The Bertz CT molecular complexity index is 729. The van der Waals surface area contributed by atoms with E-state index < -0.39 is 6.17 Å². The highest BCUT2D eigenvalue weighted by atomic mass is 19.1. The molecule has 2 aliphatic rings. The van der Waals surface area contributed by atoms with Crippen LogP contribution < -0.4 is 0 Å². The number of hydrogen-bond donors (Lipinski definition) is 0. The number of benzene rings is 1. The second-order valence-corrected chi connectivity index (χ2v) is 6.83. The van der Waals surface area contributed by atoms with Gasteiger partial charge in [-0.3, -0.25) is 9.69 Å². The average molecular weight is 358 g/mol. The number of amides is 1. The second-order valence-electron chi connectivity index (χ2n) is 6.83. The number of rotatable bonds is 4. The van der Waals surface area contributed by atoms with Gasteiger partial charge in [0, 0.05) is 45.0 Å². The first-order valence-electron chi connectivity index (χ1n) is 9.04. The summed E-state index contributed by atoms with van der Waals surface area (Å²) in [6.45, 7) is 3.19. The van der Waals surface area contributed by atoms with E-state index in [4.69, 9.17) is 4.74 Å². The van der Waals surface area contributed by atoms with Crippen molar-refractivity contribution in [1.29, 1.82) is 0 Å². The van der Waals surface area contributed by atoms with Crippen LogP contribution in [0.4, 0.5) is 4.39 Å². The third-order valence-electron chi connectivity index (χ3n) is 5.05. The molecule has 1 aromatic carbocycles. The van der Waals surface area contributed by atoms with Crippen LogP contribution in [0.2, 0.25) is 0 Å². The molecular weight excluding hydrogens is 335 g/mol. The standard InChI is InChI=1S/C19H23FN4O2/c20-16-12-18(19(25)22-8-10-26-11-9-22)23(14-16)13-15-2-4-17(5-3-15)24-7-1-6-21-24/h1-7,16,18H,8-14H2/t16-,18+/m1/s1. The molecule has 2 aliphatic heterocycles. The fraction of sp³-hybridized carbons (Fsp3) is 0.474. The Balaban J connectivity index is 1.44. The van der Waals surface area contributed by atoms with Gasteiger partial charge in [-0.05, 0) is 23.8 Å². The van der Waals surface area contributed by atoms with Gasteiger partial charge in [0.2, 0.25) is 5.91 Å². The molecule has 3 heterocycles. The lowest BCUT2D eigenvalue weighted by molar-refractivity contribution is -0.140. The first-order chi connectivity index (χ1) is 12.7. The van der Waals surface area contributed by atoms with E-state index in [0.717, 1.165) is 11.3 Å². The Hall–Kier alpha value is -2.25. The van der Waals surface area contributed by atoms with E-state index in [1.807, 2.05) is 41.4 Å². The zero-order valence-electron chi connectivity index (χ0n) is 14.6. The molecule has 2 fully saturated rings. The molecule has 138 valence electrons. The van der Waals surface area contributed by atoms with Crippen molar-refractivity contribution in [2.24, 2.45) is 0 Å². The Morgan fingerprint density at radius 1 is 1.23 bits per heavy atom. The molecular formula is C19H23FN4O2. The van der Waals surface area contributed by atoms with E-state index >= 15 is 0 Å². The van der Waals surface area contributed by atoms with Gasteiger partial charge in [-0.2, -0.15) is 5.10 Å². The van der Waals surface area contributed by atoms with Crippen LogP contribution in [0.5, 0.6) is 0 Å². The van der Waals surface area contributed by atoms with Gasteiger partial charge >= 0.3 is 0 Å². The molecule has 0 unspecified atom stereocenters. The molecule has 7 heteroatoms. The lowest BCUT2D eigenvalue weighted by Crippen LogP contribution is -2.49. The molecule has 1 aromatic heterocycles. The summed E-state index contributed by atoms with van der Waals surface area (Å²) in [4.78, 5) is 16.6. The molecule has 0 aliphatic carbocycles. The van der Waals surface area contributed by atoms with Crippen molar-refractivity contribution < 1.29 is 13.9 Å². The average Bonchev–Trinajstić information content (AvgIpc) is 3.32. The molecule has 6 nitrogen and oxygen atoms in total. The van der Waals surface area contributed by atoms with Crippen molar-refractivity contribution in [3.63, 3.8) is 0 Å². The molecule has 0 radical (unpaired) electrons. The molecule has 4 rings (SSSR count). The second kappa shape index (κ2) is 7.55. The number of likely N-dealkylation sites (tertiary alicyclic amines) is 1. The maximum absolute atomic E-state index is 14.1. The third-order valence-corrected chi connectivity index (χ3v) is 5.05. The van der Waals surface area contributed by atoms with Gasteiger partial charge in [-0.1, -0.05) is 12.1 Å². The Morgan fingerprint density at radius 3 is 2.69 bits per heavy atom. The van der Waals surface area contributed by atoms with Gasteiger partial charge in [-0.15, -0.1) is 0 Å². The molecule has 2 atom stereocenters. The van der Waals surface area contributed by atoms with E-state index in [1.165, 1.54) is 0 Å². The van der Waals surface area contributed by atoms with Crippen molar-refractivity contribution in [2.75, 3.05) is 32.8 Å². The third kappa shape index (κ3) is 3.64. The summed E-state index contributed by atoms with van der Waals surface area (Å²) in [6, 6.07) is 9.50. The number of carbonyl (C=O) groups excluding carboxylic acids is 1. The molecule has 0 N–H and O–H groups in total. The minimum Gasteiger partial charge on any atom is -0.378 e. The summed E-state index contributed by atoms with van der Waals surface area (Å²) in [6.07, 6.45) is 2.96. The smallest absolute Gasteiger partial charge is 0.240 e. The van der Waals surface area contributed by atoms with Crippen LogP contribution in [0.3, 0.4) is 0 Å². The molecule has 0 bridgehead atoms. The zero-order chi connectivity index (χ0) is 17.9. The van der Waals surface area contributed by atoms with Crippen LogP contribution in [-0.4, -0.2) is 70.5 Å². The highest BCUT2D eigenvalue weighted by Crippen LogP contribution is 2.25. The fourth-order valence-corrected chi connectivity index (χ4v) is 3.68. The molecule has 26 heavy (non-hydrogen) atoms. The van der Waals surface area contributed by atoms with Gasteiger partial charge < -0.3 is 9.64 Å². The number of morpholine rings is 1. The fourth-order valence-electron chi connectivity index (χ4n) is 3.68. The van der Waals surface area contributed by atoms with Gasteiger partial charge in [-0.25, -0.2) is 9.07 Å². The minimum atomic E-state index is -0.951. The summed E-state index contributed by atoms with van der Waals surface area (Å²) < 4.78 is 21.2. The minimum absolute atomic E-state index is 0.0293. The number of ether oxygens (including phenoxy) is 1. The summed E-state index contributed by atoms with van der Waals surface area (Å²) in [7, 11) is 0. The monoisotopic (exact) mass is 358 g/mol. The number of halogens is 1. The highest BCUT2D eigenvalue weighted by molar-refractivity contribution is 5.82. The van der Waals surface area contributed by atoms with Crippen molar-refractivity contribution in [3.8, 4) is 5.69 Å². The van der Waals surface area contributed by atoms with Gasteiger partial charge in [0.05, 0.1) is 24.9 Å². The molecule has 1 amide bonds. The van der Waals surface area contributed by atoms with E-state index in [9.17, 15) is 9.18 Å². The van der Waals surface area contributed by atoms with Crippen LogP contribution in [0, 0.1) is 0 Å². The predicted octanol–water partition coefficient (Wildman–Crippen LogP) is 1.64. The van der Waals surface area contributed by atoms with Crippen LogP contribution >= 0.6 is 0 Å². The Kier molecular flexibility index (Phi) is 4.99. The van der Waals surface area contributed by atoms with Crippen molar-refractivity contribution in [1.82, 2.24) is 19.6 Å². The van der Waals surface area contributed by atoms with E-state index in [2.05, 4.69) is 5.10 Å². The normalized spacial score (nSPS) is 24.1. The molecule has 0 spiro atoms. The van der Waals surface area contributed by atoms with Crippen LogP contribution in [-0.2, 0) is 16.1 Å². The topological polar surface area (TPSA) is 50.6 Å². The number of aromatic nitrogens is 2. The number of hydrogen-bond acceptors (Lipinski definition) is 4. The Morgan fingerprint density at radius 2 is 2.00 bits per heavy atom. The summed E-state index contributed by atoms with van der Waals surface area (Å²) in [5.74, 6) is 0.0293. The number of nitrogens with zero attached hydrogens (tertiary/aromatic N) is 4. The van der Waals surface area contributed by atoms with Crippen LogP contribution in [0.1, 0.15) is 12.0 Å². The molecule has 2 aromatic rings. The summed E-state index contributed by atoms with van der Waals surface area (Å²) in [5, 5.41) is 4.21. The predicted molar refractivity (Wildman–Crippen MR) is 94.7 cm³/mol. The summed E-state index contributed by atoms with van der Waals surface area (Å²) >= 11 is 0. The maximum Gasteiger partial charge on any atom is 0.240 e. The first-order valence-corrected chi connectivity index (χ1v) is 9.04. The molecule has 2 saturated heterocycles. The van der Waals surface area contributed by atoms with Crippen molar-refractivity contribution in [2.45, 2.75) is 25.2 Å². The highest BCUT2D eigenvalue weighted by Gasteiger charge is 2.39. The van der Waals surface area contributed by atoms with Crippen molar-refractivity contribution >= 4 is 5.91 Å². The Labute approximate surface area is 152 Å². The number of alkyl halides is 1. The van der Waals surface area contributed by atoms with E-state index in [0.29, 0.717) is 39.4 Å². The SMILES string of the molecule is O=C([C@@H]1C[C@@H](F)CN1Cc1ccc(-n2cccn2)cc1)N1CCOCC1. The largest absolute Gasteiger partial charge is 0.378 e. The first kappa shape index (κ1) is 17.2. The lowest BCUT2D eigenvalue weighted by atomic mass is 10.1. The van der Waals surface area contributed by atoms with E-state index in [1.54, 1.807) is 15.8 Å². The van der Waals surface area contributed by atoms with Crippen LogP contribution in [0.15, 0.2) is 42.7 Å². The zero-order valence-corrected chi connectivity index (χ0v) is 14.6. The van der Waals surface area contributed by atoms with E-state index in [-0.39, 0.29) is 18.4 Å². The van der Waals surface area contributed by atoms with Gasteiger partial charge in [0.1, 0.15) is 6.17 Å². The maximum atomic E-state index is 14.1. The molecule has 0 saturated carbocycles. The number of carbonyl (C=O) groups is 1. The van der Waals surface area contributed by atoms with Crippen molar-refractivity contribution in [3.05, 3.63) is 48.3 Å². The lowest BCUT2D eigenvalue weighted by Gasteiger charge is -2.32. The van der Waals surface area contributed by atoms with Crippen LogP contribution in [0.25, 0.3) is 5.69 Å². The quantitative estimate of drug-likeness (QED) is 0.834.